The molecule has 0 aliphatic heterocycles. The Bertz CT molecular complexity index is 1280. The van der Waals surface area contributed by atoms with Gasteiger partial charge in [-0.3, -0.25) is 9.97 Å². The standard InChI is InChI=1S/C21H18N10O3/c22-19-25-20(29-28-15-9-16(30-34)18(33)10-17(15)32)27-21(26-19)31(11-13-5-1-3-7-23-13)12-14-6-2-4-8-24-14/h1-10,32-33H,11-12H2,(H2,22,25,26,27)/b29-28+. The molecule has 34 heavy (non-hydrogen) atoms. The second kappa shape index (κ2) is 10.0. The molecule has 0 bridgehead atoms. The van der Waals surface area contributed by atoms with Crippen LogP contribution in [0.3, 0.4) is 0 Å². The van der Waals surface area contributed by atoms with Crippen LogP contribution in [0.2, 0.25) is 0 Å². The SMILES string of the molecule is Nc1nc(/N=N/c2cc(N=O)c(O)cc2O)nc(N(Cc2ccccn2)Cc2ccccn2)n1. The monoisotopic (exact) mass is 458 g/mol. The molecule has 0 saturated heterocycles. The number of anilines is 2. The smallest absolute Gasteiger partial charge is 0.275 e. The number of phenols is 2. The largest absolute Gasteiger partial charge is 0.505 e. The summed E-state index contributed by atoms with van der Waals surface area (Å²) in [6, 6.07) is 13.1. The highest BCUT2D eigenvalue weighted by Gasteiger charge is 2.16. The first kappa shape index (κ1) is 22.1. The molecule has 1 aromatic carbocycles. The van der Waals surface area contributed by atoms with Crippen molar-refractivity contribution in [3.63, 3.8) is 0 Å². The quantitative estimate of drug-likeness (QED) is 0.259. The first-order valence-electron chi connectivity index (χ1n) is 9.89. The number of benzene rings is 1. The highest BCUT2D eigenvalue weighted by atomic mass is 16.3. The van der Waals surface area contributed by atoms with Crippen molar-refractivity contribution in [1.82, 2.24) is 24.9 Å². The van der Waals surface area contributed by atoms with Crippen molar-refractivity contribution < 1.29 is 10.2 Å². The lowest BCUT2D eigenvalue weighted by molar-refractivity contribution is 0.452. The van der Waals surface area contributed by atoms with Crippen LogP contribution < -0.4 is 10.6 Å². The molecule has 170 valence electrons. The van der Waals surface area contributed by atoms with E-state index in [4.69, 9.17) is 5.73 Å². The summed E-state index contributed by atoms with van der Waals surface area (Å²) >= 11 is 0. The van der Waals surface area contributed by atoms with Gasteiger partial charge in [-0.15, -0.1) is 15.1 Å². The molecule has 3 heterocycles. The molecule has 13 heteroatoms. The number of aromatic nitrogens is 5. The Kier molecular flexibility index (Phi) is 6.53. The van der Waals surface area contributed by atoms with Gasteiger partial charge in [-0.05, 0) is 29.4 Å². The molecule has 0 fully saturated rings. The summed E-state index contributed by atoms with van der Waals surface area (Å²) in [5.41, 5.74) is 7.00. The van der Waals surface area contributed by atoms with Crippen molar-refractivity contribution in [1.29, 1.82) is 0 Å². The van der Waals surface area contributed by atoms with E-state index in [1.54, 1.807) is 17.3 Å². The molecular formula is C21H18N10O3. The van der Waals surface area contributed by atoms with Crippen LogP contribution >= 0.6 is 0 Å². The van der Waals surface area contributed by atoms with E-state index in [1.807, 2.05) is 36.4 Å². The molecular weight excluding hydrogens is 440 g/mol. The van der Waals surface area contributed by atoms with E-state index >= 15 is 0 Å². The van der Waals surface area contributed by atoms with Crippen molar-refractivity contribution >= 4 is 29.2 Å². The Labute approximate surface area is 192 Å². The maximum absolute atomic E-state index is 10.8. The number of nitrogen functional groups attached to an aromatic ring is 1. The molecule has 0 spiro atoms. The summed E-state index contributed by atoms with van der Waals surface area (Å²) in [4.78, 5) is 33.8. The lowest BCUT2D eigenvalue weighted by Crippen LogP contribution is -2.25. The van der Waals surface area contributed by atoms with Crippen molar-refractivity contribution in [2.75, 3.05) is 10.6 Å². The van der Waals surface area contributed by atoms with Crippen LogP contribution in [-0.4, -0.2) is 35.1 Å². The molecule has 4 N–H and O–H groups in total. The molecule has 0 aliphatic carbocycles. The van der Waals surface area contributed by atoms with Gasteiger partial charge < -0.3 is 20.8 Å². The Balaban J connectivity index is 1.67. The summed E-state index contributed by atoms with van der Waals surface area (Å²) < 4.78 is 0. The summed E-state index contributed by atoms with van der Waals surface area (Å²) in [5.74, 6) is -0.928. The van der Waals surface area contributed by atoms with Gasteiger partial charge in [0.15, 0.2) is 5.69 Å². The number of pyridine rings is 2. The Morgan fingerprint density at radius 3 is 2.06 bits per heavy atom. The second-order valence-electron chi connectivity index (χ2n) is 6.91. The minimum absolute atomic E-state index is 0.101. The Hall–Kier alpha value is -5.07. The zero-order valence-electron chi connectivity index (χ0n) is 17.6. The molecule has 0 saturated carbocycles. The molecule has 4 aromatic rings. The van der Waals surface area contributed by atoms with Crippen LogP contribution in [0.15, 0.2) is 76.3 Å². The minimum Gasteiger partial charge on any atom is -0.505 e. The Morgan fingerprint density at radius 2 is 1.47 bits per heavy atom. The third-order valence-electron chi connectivity index (χ3n) is 4.49. The zero-order valence-corrected chi connectivity index (χ0v) is 17.6. The minimum atomic E-state index is -0.488. The van der Waals surface area contributed by atoms with Gasteiger partial charge >= 0.3 is 0 Å². The van der Waals surface area contributed by atoms with Crippen molar-refractivity contribution in [2.24, 2.45) is 15.4 Å². The number of phenolic OH excluding ortho intramolecular Hbond substituents is 2. The van der Waals surface area contributed by atoms with Gasteiger partial charge in [0.1, 0.15) is 17.2 Å². The average Bonchev–Trinajstić information content (AvgIpc) is 2.84. The fourth-order valence-corrected chi connectivity index (χ4v) is 2.93. The molecule has 0 amide bonds. The van der Waals surface area contributed by atoms with E-state index in [-0.39, 0.29) is 29.2 Å². The number of rotatable bonds is 8. The first-order valence-corrected chi connectivity index (χ1v) is 9.89. The topological polar surface area (TPSA) is 188 Å². The fraction of sp³-hybridized carbons (Fsp3) is 0.0952. The van der Waals surface area contributed by atoms with Crippen LogP contribution in [0.25, 0.3) is 0 Å². The van der Waals surface area contributed by atoms with Gasteiger partial charge in [0.25, 0.3) is 5.95 Å². The maximum atomic E-state index is 10.8. The molecule has 0 unspecified atom stereocenters. The van der Waals surface area contributed by atoms with E-state index in [2.05, 4.69) is 40.3 Å². The van der Waals surface area contributed by atoms with Crippen LogP contribution in [0.5, 0.6) is 11.5 Å². The second-order valence-corrected chi connectivity index (χ2v) is 6.91. The maximum Gasteiger partial charge on any atom is 0.275 e. The summed E-state index contributed by atoms with van der Waals surface area (Å²) in [7, 11) is 0. The number of nitroso groups, excluding NO2 is 1. The number of hydrogen-bond donors (Lipinski definition) is 3. The fourth-order valence-electron chi connectivity index (χ4n) is 2.93. The van der Waals surface area contributed by atoms with E-state index in [9.17, 15) is 15.1 Å². The number of aromatic hydroxyl groups is 2. The average molecular weight is 458 g/mol. The van der Waals surface area contributed by atoms with Gasteiger partial charge in [0.05, 0.1) is 24.5 Å². The van der Waals surface area contributed by atoms with Gasteiger partial charge in [0, 0.05) is 24.5 Å². The lowest BCUT2D eigenvalue weighted by atomic mass is 10.2. The van der Waals surface area contributed by atoms with Gasteiger partial charge in [-0.25, -0.2) is 0 Å². The highest BCUT2D eigenvalue weighted by Crippen LogP contribution is 2.38. The molecule has 0 atom stereocenters. The number of azo groups is 1. The molecule has 3 aromatic heterocycles. The first-order chi connectivity index (χ1) is 16.5. The third kappa shape index (κ3) is 5.40. The number of nitrogens with two attached hydrogens (primary N) is 1. The normalized spacial score (nSPS) is 10.9. The highest BCUT2D eigenvalue weighted by molar-refractivity contribution is 5.65. The Morgan fingerprint density at radius 1 is 0.824 bits per heavy atom. The van der Waals surface area contributed by atoms with Gasteiger partial charge in [0.2, 0.25) is 11.9 Å². The van der Waals surface area contributed by atoms with Gasteiger partial charge in [-0.1, -0.05) is 12.1 Å². The van der Waals surface area contributed by atoms with E-state index in [0.29, 0.717) is 13.1 Å². The predicted octanol–water partition coefficient (Wildman–Crippen LogP) is 3.68. The summed E-state index contributed by atoms with van der Waals surface area (Å²) in [6.45, 7) is 0.704. The number of nitrogens with zero attached hydrogens (tertiary/aromatic N) is 9. The summed E-state index contributed by atoms with van der Waals surface area (Å²) in [5, 5.41) is 30.0. The predicted molar refractivity (Wildman–Crippen MR) is 122 cm³/mol. The van der Waals surface area contributed by atoms with Crippen LogP contribution in [0.4, 0.5) is 29.2 Å². The van der Waals surface area contributed by atoms with Gasteiger partial charge in [-0.2, -0.15) is 15.0 Å². The van der Waals surface area contributed by atoms with Crippen molar-refractivity contribution in [3.8, 4) is 11.5 Å². The van der Waals surface area contributed by atoms with E-state index < -0.39 is 11.5 Å². The van der Waals surface area contributed by atoms with Crippen molar-refractivity contribution in [2.45, 2.75) is 13.1 Å². The molecule has 4 rings (SSSR count). The van der Waals surface area contributed by atoms with Crippen LogP contribution in [0.1, 0.15) is 11.4 Å². The third-order valence-corrected chi connectivity index (χ3v) is 4.49. The van der Waals surface area contributed by atoms with E-state index in [0.717, 1.165) is 23.5 Å². The van der Waals surface area contributed by atoms with Crippen LogP contribution in [-0.2, 0) is 13.1 Å². The molecule has 13 nitrogen and oxygen atoms in total. The van der Waals surface area contributed by atoms with Crippen molar-refractivity contribution in [3.05, 3.63) is 77.2 Å². The lowest BCUT2D eigenvalue weighted by Gasteiger charge is -2.22. The van der Waals surface area contributed by atoms with E-state index in [1.165, 1.54) is 0 Å². The molecule has 0 aliphatic rings. The van der Waals surface area contributed by atoms with Crippen LogP contribution in [0, 0.1) is 4.91 Å². The zero-order chi connectivity index (χ0) is 23.9. The molecule has 0 radical (unpaired) electrons. The summed E-state index contributed by atoms with van der Waals surface area (Å²) in [6.07, 6.45) is 3.37. The number of hydrogen-bond acceptors (Lipinski definition) is 13.